The third kappa shape index (κ3) is 3.76. The number of sulfonamides is 1. The van der Waals surface area contributed by atoms with Gasteiger partial charge in [0.05, 0.1) is 4.90 Å². The number of rotatable bonds is 4. The van der Waals surface area contributed by atoms with Gasteiger partial charge < -0.3 is 10.6 Å². The Morgan fingerprint density at radius 2 is 1.86 bits per heavy atom. The normalized spacial score (nSPS) is 22.5. The summed E-state index contributed by atoms with van der Waals surface area (Å²) in [5, 5.41) is 10.7. The van der Waals surface area contributed by atoms with Crippen molar-refractivity contribution < 1.29 is 13.2 Å². The number of anilines is 1. The number of amides is 2. The van der Waals surface area contributed by atoms with E-state index in [0.29, 0.717) is 5.69 Å². The molecule has 7 nitrogen and oxygen atoms in total. The van der Waals surface area contributed by atoms with E-state index in [1.165, 1.54) is 37.1 Å². The number of benzene rings is 1. The fourth-order valence-electron chi connectivity index (χ4n) is 2.76. The number of urea groups is 1. The largest absolute Gasteiger partial charge is 0.334 e. The maximum Gasteiger partial charge on any atom is 0.319 e. The van der Waals surface area contributed by atoms with Gasteiger partial charge in [-0.15, -0.1) is 0 Å². The predicted molar refractivity (Wildman–Crippen MR) is 83.0 cm³/mol. The Kier molecular flexibility index (Phi) is 4.07. The number of likely N-dealkylation sites (tertiary alicyclic amines) is 1. The summed E-state index contributed by atoms with van der Waals surface area (Å²) in [6, 6.07) is 6.40. The Hall–Kier alpha value is -1.64. The molecule has 22 heavy (non-hydrogen) atoms. The molecule has 8 heteroatoms. The van der Waals surface area contributed by atoms with Gasteiger partial charge in [0.15, 0.2) is 0 Å². The lowest BCUT2D eigenvalue weighted by Gasteiger charge is -2.16. The number of hydrogen-bond donors (Lipinski definition) is 3. The smallest absolute Gasteiger partial charge is 0.319 e. The van der Waals surface area contributed by atoms with Gasteiger partial charge in [-0.25, -0.2) is 18.4 Å². The SMILES string of the molecule is NS(=O)(=O)c1ccc(NC(=O)NC2CCN(C3CC3)C2)cc1. The average Bonchev–Trinajstić information content (AvgIpc) is 3.19. The molecule has 1 heterocycles. The monoisotopic (exact) mass is 324 g/mol. The number of nitrogens with zero attached hydrogens (tertiary/aromatic N) is 1. The second kappa shape index (κ2) is 5.86. The van der Waals surface area contributed by atoms with Gasteiger partial charge in [0.2, 0.25) is 10.0 Å². The molecule has 1 aromatic rings. The van der Waals surface area contributed by atoms with Crippen LogP contribution in [0.2, 0.25) is 0 Å². The molecule has 1 saturated carbocycles. The molecule has 4 N–H and O–H groups in total. The summed E-state index contributed by atoms with van der Waals surface area (Å²) in [6.07, 6.45) is 3.51. The lowest BCUT2D eigenvalue weighted by atomic mass is 10.3. The van der Waals surface area contributed by atoms with Crippen molar-refractivity contribution in [2.24, 2.45) is 5.14 Å². The first-order chi connectivity index (χ1) is 10.4. The summed E-state index contributed by atoms with van der Waals surface area (Å²) in [4.78, 5) is 14.4. The summed E-state index contributed by atoms with van der Waals surface area (Å²) in [6.45, 7) is 1.95. The number of nitrogens with two attached hydrogens (primary N) is 1. The minimum atomic E-state index is -3.71. The lowest BCUT2D eigenvalue weighted by Crippen LogP contribution is -2.40. The molecular weight excluding hydrogens is 304 g/mol. The number of carbonyl (C=O) groups is 1. The second-order valence-corrected chi connectivity index (χ2v) is 7.44. The minimum Gasteiger partial charge on any atom is -0.334 e. The van der Waals surface area contributed by atoms with Crippen molar-refractivity contribution in [3.8, 4) is 0 Å². The number of nitrogens with one attached hydrogen (secondary N) is 2. The lowest BCUT2D eigenvalue weighted by molar-refractivity contribution is 0.247. The van der Waals surface area contributed by atoms with Crippen LogP contribution in [0.5, 0.6) is 0 Å². The van der Waals surface area contributed by atoms with Crippen molar-refractivity contribution in [3.63, 3.8) is 0 Å². The summed E-state index contributed by atoms with van der Waals surface area (Å²) >= 11 is 0. The molecule has 1 saturated heterocycles. The first-order valence-electron chi connectivity index (χ1n) is 7.36. The van der Waals surface area contributed by atoms with Gasteiger partial charge >= 0.3 is 6.03 Å². The highest BCUT2D eigenvalue weighted by molar-refractivity contribution is 7.89. The van der Waals surface area contributed by atoms with Crippen LogP contribution in [-0.2, 0) is 10.0 Å². The molecule has 2 amide bonds. The van der Waals surface area contributed by atoms with Crippen molar-refractivity contribution in [2.45, 2.75) is 36.2 Å². The Balaban J connectivity index is 1.51. The molecule has 0 aromatic heterocycles. The number of carbonyl (C=O) groups excluding carboxylic acids is 1. The highest BCUT2D eigenvalue weighted by atomic mass is 32.2. The van der Waals surface area contributed by atoms with Crippen LogP contribution >= 0.6 is 0 Å². The van der Waals surface area contributed by atoms with Gasteiger partial charge in [-0.05, 0) is 43.5 Å². The highest BCUT2D eigenvalue weighted by Gasteiger charge is 2.34. The van der Waals surface area contributed by atoms with Gasteiger partial charge in [0.1, 0.15) is 0 Å². The molecule has 1 unspecified atom stereocenters. The van der Waals surface area contributed by atoms with Crippen molar-refractivity contribution in [3.05, 3.63) is 24.3 Å². The van der Waals surface area contributed by atoms with E-state index in [1.54, 1.807) is 0 Å². The Bertz CT molecular complexity index is 655. The van der Waals surface area contributed by atoms with Gasteiger partial charge in [0.25, 0.3) is 0 Å². The zero-order valence-electron chi connectivity index (χ0n) is 12.2. The van der Waals surface area contributed by atoms with E-state index in [2.05, 4.69) is 15.5 Å². The minimum absolute atomic E-state index is 0.0225. The molecule has 1 aliphatic heterocycles. The van der Waals surface area contributed by atoms with Crippen LogP contribution < -0.4 is 15.8 Å². The van der Waals surface area contributed by atoms with E-state index >= 15 is 0 Å². The number of hydrogen-bond acceptors (Lipinski definition) is 4. The van der Waals surface area contributed by atoms with Crippen LogP contribution in [0.1, 0.15) is 19.3 Å². The van der Waals surface area contributed by atoms with Crippen LogP contribution in [0.25, 0.3) is 0 Å². The summed E-state index contributed by atoms with van der Waals surface area (Å²) < 4.78 is 22.3. The van der Waals surface area contributed by atoms with Gasteiger partial charge in [-0.3, -0.25) is 4.90 Å². The predicted octanol–water partition coefficient (Wildman–Crippen LogP) is 0.692. The molecule has 1 aliphatic carbocycles. The van der Waals surface area contributed by atoms with Gasteiger partial charge in [-0.2, -0.15) is 0 Å². The van der Waals surface area contributed by atoms with Crippen molar-refractivity contribution >= 4 is 21.7 Å². The molecule has 0 spiro atoms. The first kappa shape index (κ1) is 15.3. The van der Waals surface area contributed by atoms with Crippen LogP contribution in [0.15, 0.2) is 29.2 Å². The van der Waals surface area contributed by atoms with E-state index in [9.17, 15) is 13.2 Å². The van der Waals surface area contributed by atoms with Crippen molar-refractivity contribution in [2.75, 3.05) is 18.4 Å². The van der Waals surface area contributed by atoms with Crippen LogP contribution in [0.3, 0.4) is 0 Å². The Morgan fingerprint density at radius 1 is 1.18 bits per heavy atom. The fourth-order valence-corrected chi connectivity index (χ4v) is 3.27. The molecule has 0 bridgehead atoms. The zero-order valence-corrected chi connectivity index (χ0v) is 13.0. The van der Waals surface area contributed by atoms with E-state index in [-0.39, 0.29) is 17.0 Å². The van der Waals surface area contributed by atoms with E-state index in [4.69, 9.17) is 5.14 Å². The van der Waals surface area contributed by atoms with Gasteiger partial charge in [-0.1, -0.05) is 0 Å². The topological polar surface area (TPSA) is 105 Å². The maximum absolute atomic E-state index is 12.0. The molecule has 1 aromatic carbocycles. The molecule has 120 valence electrons. The third-order valence-corrected chi connectivity index (χ3v) is 4.99. The highest BCUT2D eigenvalue weighted by Crippen LogP contribution is 2.29. The van der Waals surface area contributed by atoms with E-state index < -0.39 is 10.0 Å². The quantitative estimate of drug-likeness (QED) is 0.758. The van der Waals surface area contributed by atoms with Crippen LogP contribution in [0.4, 0.5) is 10.5 Å². The van der Waals surface area contributed by atoms with Crippen molar-refractivity contribution in [1.82, 2.24) is 10.2 Å². The molecule has 2 fully saturated rings. The number of primary sulfonamides is 1. The molecule has 0 radical (unpaired) electrons. The Labute approximate surface area is 129 Å². The maximum atomic E-state index is 12.0. The summed E-state index contributed by atoms with van der Waals surface area (Å²) in [7, 11) is -3.71. The first-order valence-corrected chi connectivity index (χ1v) is 8.91. The second-order valence-electron chi connectivity index (χ2n) is 5.88. The average molecular weight is 324 g/mol. The van der Waals surface area contributed by atoms with E-state index in [0.717, 1.165) is 25.6 Å². The molecule has 3 rings (SSSR count). The van der Waals surface area contributed by atoms with E-state index in [1.807, 2.05) is 0 Å². The van der Waals surface area contributed by atoms with Crippen LogP contribution in [0, 0.1) is 0 Å². The molecular formula is C14H20N4O3S. The van der Waals surface area contributed by atoms with Crippen LogP contribution in [-0.4, -0.2) is 44.5 Å². The van der Waals surface area contributed by atoms with Crippen molar-refractivity contribution in [1.29, 1.82) is 0 Å². The third-order valence-electron chi connectivity index (χ3n) is 4.06. The molecule has 1 atom stereocenters. The Morgan fingerprint density at radius 3 is 2.45 bits per heavy atom. The standard InChI is InChI=1S/C14H20N4O3S/c15-22(20,21)13-5-1-10(2-6-13)16-14(19)17-11-7-8-18(9-11)12-3-4-12/h1-2,5-6,11-12H,3-4,7-9H2,(H2,15,20,21)(H2,16,17,19). The summed E-state index contributed by atoms with van der Waals surface area (Å²) in [5.41, 5.74) is 0.530. The summed E-state index contributed by atoms with van der Waals surface area (Å²) in [5.74, 6) is 0. The molecule has 2 aliphatic rings. The fraction of sp³-hybridized carbons (Fsp3) is 0.500. The zero-order chi connectivity index (χ0) is 15.7. The van der Waals surface area contributed by atoms with Gasteiger partial charge in [0, 0.05) is 30.9 Å².